The highest BCUT2D eigenvalue weighted by atomic mass is 16.2. The third kappa shape index (κ3) is 4.12. The van der Waals surface area contributed by atoms with E-state index in [9.17, 15) is 4.79 Å². The van der Waals surface area contributed by atoms with Crippen molar-refractivity contribution in [1.82, 2.24) is 9.80 Å². The van der Waals surface area contributed by atoms with Crippen molar-refractivity contribution < 1.29 is 4.79 Å². The molecule has 0 saturated carbocycles. The Hall–Kier alpha value is -1.39. The Labute approximate surface area is 139 Å². The minimum absolute atomic E-state index is 0.0417. The minimum atomic E-state index is -0.0417. The Kier molecular flexibility index (Phi) is 5.02. The highest BCUT2D eigenvalue weighted by molar-refractivity contribution is 5.77. The fourth-order valence-corrected chi connectivity index (χ4v) is 4.17. The number of benzene rings is 1. The van der Waals surface area contributed by atoms with Crippen LogP contribution in [0.25, 0.3) is 0 Å². The van der Waals surface area contributed by atoms with Crippen LogP contribution in [0, 0.1) is 5.41 Å². The number of nitrogens with two attached hydrogens (primary N) is 1. The van der Waals surface area contributed by atoms with Crippen molar-refractivity contribution in [3.05, 3.63) is 35.9 Å². The van der Waals surface area contributed by atoms with Crippen molar-refractivity contribution in [3.8, 4) is 0 Å². The number of carbonyl (C=O) groups is 1. The first-order valence-electron chi connectivity index (χ1n) is 8.86. The number of likely N-dealkylation sites (tertiary alicyclic amines) is 2. The molecule has 2 heterocycles. The number of hydrogen-bond acceptors (Lipinski definition) is 3. The van der Waals surface area contributed by atoms with Gasteiger partial charge in [0.25, 0.3) is 0 Å². The second kappa shape index (κ2) is 7.02. The molecule has 2 atom stereocenters. The molecule has 2 N–H and O–H groups in total. The van der Waals surface area contributed by atoms with Gasteiger partial charge >= 0.3 is 0 Å². The third-order valence-corrected chi connectivity index (χ3v) is 5.28. The molecule has 2 aliphatic heterocycles. The normalized spacial score (nSPS) is 26.6. The molecule has 1 spiro atoms. The Balaban J connectivity index is 1.59. The number of rotatable bonds is 4. The predicted octanol–water partition coefficient (Wildman–Crippen LogP) is 2.24. The Morgan fingerprint density at radius 1 is 1.22 bits per heavy atom. The van der Waals surface area contributed by atoms with Gasteiger partial charge in [0.05, 0.1) is 0 Å². The summed E-state index contributed by atoms with van der Waals surface area (Å²) in [6, 6.07) is 10.7. The van der Waals surface area contributed by atoms with E-state index in [1.807, 2.05) is 6.92 Å². The number of nitrogens with zero attached hydrogens (tertiary/aromatic N) is 2. The van der Waals surface area contributed by atoms with Crippen LogP contribution in [0.4, 0.5) is 0 Å². The second-order valence-corrected chi connectivity index (χ2v) is 7.55. The van der Waals surface area contributed by atoms with Crippen LogP contribution in [-0.2, 0) is 11.3 Å². The zero-order valence-corrected chi connectivity index (χ0v) is 14.2. The van der Waals surface area contributed by atoms with Gasteiger partial charge in [-0.1, -0.05) is 30.3 Å². The molecule has 2 unspecified atom stereocenters. The van der Waals surface area contributed by atoms with Crippen LogP contribution < -0.4 is 5.73 Å². The molecule has 126 valence electrons. The molecule has 0 bridgehead atoms. The first-order chi connectivity index (χ1) is 11.1. The zero-order chi connectivity index (χ0) is 16.3. The van der Waals surface area contributed by atoms with E-state index in [1.165, 1.54) is 24.9 Å². The van der Waals surface area contributed by atoms with Crippen LogP contribution in [0.15, 0.2) is 30.3 Å². The van der Waals surface area contributed by atoms with Gasteiger partial charge in [0.1, 0.15) is 0 Å². The van der Waals surface area contributed by atoms with Crippen LogP contribution in [-0.4, -0.2) is 47.9 Å². The van der Waals surface area contributed by atoms with E-state index in [-0.39, 0.29) is 11.9 Å². The lowest BCUT2D eigenvalue weighted by atomic mass is 9.79. The lowest BCUT2D eigenvalue weighted by Crippen LogP contribution is -2.45. The van der Waals surface area contributed by atoms with Gasteiger partial charge in [-0.05, 0) is 38.3 Å². The van der Waals surface area contributed by atoms with Crippen molar-refractivity contribution in [2.45, 2.75) is 45.2 Å². The molecule has 3 rings (SSSR count). The summed E-state index contributed by atoms with van der Waals surface area (Å²) in [7, 11) is 0. The first-order valence-corrected chi connectivity index (χ1v) is 8.86. The molecule has 1 aromatic rings. The zero-order valence-electron chi connectivity index (χ0n) is 14.2. The van der Waals surface area contributed by atoms with E-state index in [0.29, 0.717) is 11.8 Å². The standard InChI is InChI=1S/C19H29N3O/c1-16(20)12-18(23)22-11-9-19(15-22)8-5-10-21(14-19)13-17-6-3-2-4-7-17/h2-4,6-7,16H,5,8-15,20H2,1H3. The maximum atomic E-state index is 12.3. The van der Waals surface area contributed by atoms with E-state index in [0.717, 1.165) is 32.6 Å². The molecule has 0 radical (unpaired) electrons. The number of piperidine rings is 1. The third-order valence-electron chi connectivity index (χ3n) is 5.28. The minimum Gasteiger partial charge on any atom is -0.342 e. The fraction of sp³-hybridized carbons (Fsp3) is 0.632. The molecule has 0 aliphatic carbocycles. The second-order valence-electron chi connectivity index (χ2n) is 7.55. The molecule has 23 heavy (non-hydrogen) atoms. The lowest BCUT2D eigenvalue weighted by Gasteiger charge is -2.40. The average Bonchev–Trinajstić information content (AvgIpc) is 2.91. The van der Waals surface area contributed by atoms with Gasteiger partial charge in [-0.3, -0.25) is 9.69 Å². The smallest absolute Gasteiger partial charge is 0.224 e. The largest absolute Gasteiger partial charge is 0.342 e. The van der Waals surface area contributed by atoms with Crippen LogP contribution in [0.1, 0.15) is 38.2 Å². The monoisotopic (exact) mass is 315 g/mol. The van der Waals surface area contributed by atoms with Crippen LogP contribution in [0.2, 0.25) is 0 Å². The molecule has 4 nitrogen and oxygen atoms in total. The molecule has 2 aliphatic rings. The van der Waals surface area contributed by atoms with Crippen LogP contribution >= 0.6 is 0 Å². The van der Waals surface area contributed by atoms with Crippen molar-refractivity contribution in [3.63, 3.8) is 0 Å². The summed E-state index contributed by atoms with van der Waals surface area (Å²) in [6.45, 7) is 7.05. The summed E-state index contributed by atoms with van der Waals surface area (Å²) in [5.41, 5.74) is 7.47. The molecule has 2 fully saturated rings. The fourth-order valence-electron chi connectivity index (χ4n) is 4.17. The SMILES string of the molecule is CC(N)CC(=O)N1CCC2(CCCN(Cc3ccccc3)C2)C1. The predicted molar refractivity (Wildman–Crippen MR) is 92.8 cm³/mol. The number of amides is 1. The van der Waals surface area contributed by atoms with Gasteiger partial charge in [0.2, 0.25) is 5.91 Å². The van der Waals surface area contributed by atoms with Gasteiger partial charge in [0.15, 0.2) is 0 Å². The van der Waals surface area contributed by atoms with Crippen LogP contribution in [0.5, 0.6) is 0 Å². The summed E-state index contributed by atoms with van der Waals surface area (Å²) in [5.74, 6) is 0.233. The Morgan fingerprint density at radius 2 is 2.00 bits per heavy atom. The summed E-state index contributed by atoms with van der Waals surface area (Å²) in [4.78, 5) is 16.9. The maximum Gasteiger partial charge on any atom is 0.224 e. The van der Waals surface area contributed by atoms with Crippen molar-refractivity contribution in [2.24, 2.45) is 11.1 Å². The van der Waals surface area contributed by atoms with Crippen molar-refractivity contribution in [2.75, 3.05) is 26.2 Å². The summed E-state index contributed by atoms with van der Waals surface area (Å²) in [6.07, 6.45) is 4.11. The van der Waals surface area contributed by atoms with Crippen molar-refractivity contribution >= 4 is 5.91 Å². The first kappa shape index (κ1) is 16.5. The van der Waals surface area contributed by atoms with E-state index in [2.05, 4.69) is 40.1 Å². The molecule has 1 aromatic carbocycles. The van der Waals surface area contributed by atoms with E-state index >= 15 is 0 Å². The topological polar surface area (TPSA) is 49.6 Å². The highest BCUT2D eigenvalue weighted by Gasteiger charge is 2.42. The van der Waals surface area contributed by atoms with Gasteiger partial charge in [-0.25, -0.2) is 0 Å². The van der Waals surface area contributed by atoms with Gasteiger partial charge in [-0.2, -0.15) is 0 Å². The lowest BCUT2D eigenvalue weighted by molar-refractivity contribution is -0.131. The summed E-state index contributed by atoms with van der Waals surface area (Å²) in [5, 5.41) is 0. The molecule has 1 amide bonds. The molecule has 2 saturated heterocycles. The van der Waals surface area contributed by atoms with Gasteiger partial charge in [-0.15, -0.1) is 0 Å². The van der Waals surface area contributed by atoms with Crippen LogP contribution in [0.3, 0.4) is 0 Å². The van der Waals surface area contributed by atoms with E-state index in [4.69, 9.17) is 5.73 Å². The Morgan fingerprint density at radius 3 is 2.74 bits per heavy atom. The Bertz CT molecular complexity index is 531. The molecular formula is C19H29N3O. The number of hydrogen-bond donors (Lipinski definition) is 1. The number of carbonyl (C=O) groups excluding carboxylic acids is 1. The van der Waals surface area contributed by atoms with E-state index in [1.54, 1.807) is 0 Å². The summed E-state index contributed by atoms with van der Waals surface area (Å²) < 4.78 is 0. The van der Waals surface area contributed by atoms with E-state index < -0.39 is 0 Å². The van der Waals surface area contributed by atoms with Gasteiger partial charge in [0, 0.05) is 44.1 Å². The quantitative estimate of drug-likeness (QED) is 0.927. The van der Waals surface area contributed by atoms with Gasteiger partial charge < -0.3 is 10.6 Å². The molecule has 0 aromatic heterocycles. The maximum absolute atomic E-state index is 12.3. The summed E-state index contributed by atoms with van der Waals surface area (Å²) >= 11 is 0. The van der Waals surface area contributed by atoms with Crippen molar-refractivity contribution in [1.29, 1.82) is 0 Å². The molecule has 4 heteroatoms. The highest BCUT2D eigenvalue weighted by Crippen LogP contribution is 2.39. The average molecular weight is 315 g/mol. The molecular weight excluding hydrogens is 286 g/mol.